The minimum absolute atomic E-state index is 0.0852. The van der Waals surface area contributed by atoms with Crippen molar-refractivity contribution in [3.8, 4) is 0 Å². The van der Waals surface area contributed by atoms with Gasteiger partial charge in [0.2, 0.25) is 5.91 Å². The second-order valence-electron chi connectivity index (χ2n) is 7.63. The Morgan fingerprint density at radius 1 is 1.04 bits per heavy atom. The standard InChI is InChI=1S/C20H30N4O/c25-20(24-12-8-18(16-24)22-13-9-21-10-14-22)19-7-4-11-23(19)15-17-5-2-1-3-6-17/h1-3,5-6,18-19,21H,4,7-16H2. The lowest BCUT2D eigenvalue weighted by molar-refractivity contribution is -0.135. The SMILES string of the molecule is O=C(C1CCCN1Cc1ccccc1)N1CCC(N2CCNCC2)C1. The summed E-state index contributed by atoms with van der Waals surface area (Å²) in [5.41, 5.74) is 1.31. The highest BCUT2D eigenvalue weighted by Gasteiger charge is 2.37. The zero-order valence-corrected chi connectivity index (χ0v) is 15.1. The van der Waals surface area contributed by atoms with Crippen LogP contribution < -0.4 is 5.32 Å². The number of nitrogens with one attached hydrogen (secondary N) is 1. The summed E-state index contributed by atoms with van der Waals surface area (Å²) in [7, 11) is 0. The van der Waals surface area contributed by atoms with Gasteiger partial charge in [0.05, 0.1) is 6.04 Å². The quantitative estimate of drug-likeness (QED) is 0.891. The van der Waals surface area contributed by atoms with E-state index >= 15 is 0 Å². The van der Waals surface area contributed by atoms with Crippen molar-refractivity contribution < 1.29 is 4.79 Å². The molecule has 0 spiro atoms. The smallest absolute Gasteiger partial charge is 0.239 e. The van der Waals surface area contributed by atoms with Gasteiger partial charge < -0.3 is 10.2 Å². The van der Waals surface area contributed by atoms with Gasteiger partial charge in [-0.1, -0.05) is 30.3 Å². The van der Waals surface area contributed by atoms with Crippen molar-refractivity contribution in [3.05, 3.63) is 35.9 Å². The summed E-state index contributed by atoms with van der Waals surface area (Å²) >= 11 is 0. The van der Waals surface area contributed by atoms with E-state index in [9.17, 15) is 4.79 Å². The molecule has 0 radical (unpaired) electrons. The molecular weight excluding hydrogens is 312 g/mol. The van der Waals surface area contributed by atoms with Gasteiger partial charge in [-0.2, -0.15) is 0 Å². The van der Waals surface area contributed by atoms with Crippen LogP contribution in [-0.2, 0) is 11.3 Å². The first-order valence-corrected chi connectivity index (χ1v) is 9.83. The first-order valence-electron chi connectivity index (χ1n) is 9.83. The molecule has 0 aromatic heterocycles. The number of piperazine rings is 1. The minimum atomic E-state index is 0.0852. The molecule has 1 N–H and O–H groups in total. The first-order chi connectivity index (χ1) is 12.3. The molecule has 4 rings (SSSR count). The molecule has 0 saturated carbocycles. The van der Waals surface area contributed by atoms with Crippen LogP contribution in [0.3, 0.4) is 0 Å². The molecule has 0 aliphatic carbocycles. The molecule has 1 amide bonds. The van der Waals surface area contributed by atoms with E-state index in [0.717, 1.165) is 71.6 Å². The first kappa shape index (κ1) is 17.0. The summed E-state index contributed by atoms with van der Waals surface area (Å²) in [5, 5.41) is 3.42. The molecule has 136 valence electrons. The van der Waals surface area contributed by atoms with Crippen LogP contribution in [0.15, 0.2) is 30.3 Å². The molecular formula is C20H30N4O. The molecule has 3 heterocycles. The molecule has 25 heavy (non-hydrogen) atoms. The van der Waals surface area contributed by atoms with Crippen molar-refractivity contribution in [1.82, 2.24) is 20.0 Å². The van der Waals surface area contributed by atoms with Crippen molar-refractivity contribution in [1.29, 1.82) is 0 Å². The zero-order chi connectivity index (χ0) is 17.1. The van der Waals surface area contributed by atoms with Gasteiger partial charge >= 0.3 is 0 Å². The predicted molar refractivity (Wildman–Crippen MR) is 99.3 cm³/mol. The maximum Gasteiger partial charge on any atom is 0.239 e. The predicted octanol–water partition coefficient (Wildman–Crippen LogP) is 1.16. The Kier molecular flexibility index (Phi) is 5.34. The molecule has 5 nitrogen and oxygen atoms in total. The Labute approximate surface area is 151 Å². The fourth-order valence-corrected chi connectivity index (χ4v) is 4.61. The van der Waals surface area contributed by atoms with Gasteiger partial charge in [0.15, 0.2) is 0 Å². The third-order valence-electron chi connectivity index (χ3n) is 6.02. The molecule has 3 saturated heterocycles. The zero-order valence-electron chi connectivity index (χ0n) is 15.1. The van der Waals surface area contributed by atoms with E-state index in [0.29, 0.717) is 11.9 Å². The number of amides is 1. The van der Waals surface area contributed by atoms with E-state index in [1.165, 1.54) is 5.56 Å². The second-order valence-corrected chi connectivity index (χ2v) is 7.63. The van der Waals surface area contributed by atoms with Crippen LogP contribution in [0.4, 0.5) is 0 Å². The van der Waals surface area contributed by atoms with E-state index in [1.54, 1.807) is 0 Å². The Bertz CT molecular complexity index is 572. The largest absolute Gasteiger partial charge is 0.340 e. The Morgan fingerprint density at radius 2 is 1.84 bits per heavy atom. The fraction of sp³-hybridized carbons (Fsp3) is 0.650. The lowest BCUT2D eigenvalue weighted by Crippen LogP contribution is -2.50. The van der Waals surface area contributed by atoms with E-state index in [-0.39, 0.29) is 6.04 Å². The van der Waals surface area contributed by atoms with Crippen LogP contribution in [0.25, 0.3) is 0 Å². The molecule has 2 atom stereocenters. The highest BCUT2D eigenvalue weighted by molar-refractivity contribution is 5.82. The summed E-state index contributed by atoms with van der Waals surface area (Å²) in [4.78, 5) is 20.2. The van der Waals surface area contributed by atoms with Gasteiger partial charge in [-0.25, -0.2) is 0 Å². The third kappa shape index (κ3) is 3.89. The lowest BCUT2D eigenvalue weighted by Gasteiger charge is -2.33. The van der Waals surface area contributed by atoms with Gasteiger partial charge in [-0.15, -0.1) is 0 Å². The molecule has 3 fully saturated rings. The fourth-order valence-electron chi connectivity index (χ4n) is 4.61. The molecule has 1 aromatic rings. The van der Waals surface area contributed by atoms with Gasteiger partial charge in [0.25, 0.3) is 0 Å². The number of carbonyl (C=O) groups excluding carboxylic acids is 1. The molecule has 2 unspecified atom stereocenters. The summed E-state index contributed by atoms with van der Waals surface area (Å²) in [6, 6.07) is 11.2. The number of carbonyl (C=O) groups is 1. The molecule has 3 aliphatic heterocycles. The van der Waals surface area contributed by atoms with E-state index in [1.807, 2.05) is 0 Å². The number of hydrogen-bond acceptors (Lipinski definition) is 4. The Morgan fingerprint density at radius 3 is 2.64 bits per heavy atom. The third-order valence-corrected chi connectivity index (χ3v) is 6.02. The van der Waals surface area contributed by atoms with E-state index < -0.39 is 0 Å². The summed E-state index contributed by atoms with van der Waals surface area (Å²) in [6.45, 7) is 8.20. The number of likely N-dealkylation sites (tertiary alicyclic amines) is 2. The number of nitrogens with zero attached hydrogens (tertiary/aromatic N) is 3. The summed E-state index contributed by atoms with van der Waals surface area (Å²) in [5.74, 6) is 0.367. The van der Waals surface area contributed by atoms with E-state index in [4.69, 9.17) is 0 Å². The van der Waals surface area contributed by atoms with E-state index in [2.05, 4.69) is 50.3 Å². The minimum Gasteiger partial charge on any atom is -0.340 e. The van der Waals surface area contributed by atoms with Crippen molar-refractivity contribution in [3.63, 3.8) is 0 Å². The summed E-state index contributed by atoms with van der Waals surface area (Å²) in [6.07, 6.45) is 3.29. The maximum atomic E-state index is 13.1. The van der Waals surface area contributed by atoms with Gasteiger partial charge in [0.1, 0.15) is 0 Å². The van der Waals surface area contributed by atoms with Gasteiger partial charge in [-0.3, -0.25) is 14.6 Å². The van der Waals surface area contributed by atoms with Crippen LogP contribution in [0.5, 0.6) is 0 Å². The molecule has 0 bridgehead atoms. The molecule has 3 aliphatic rings. The van der Waals surface area contributed by atoms with Crippen LogP contribution in [0.2, 0.25) is 0 Å². The average molecular weight is 342 g/mol. The van der Waals surface area contributed by atoms with Crippen molar-refractivity contribution in [2.75, 3.05) is 45.8 Å². The number of hydrogen-bond donors (Lipinski definition) is 1. The molecule has 5 heteroatoms. The van der Waals surface area contributed by atoms with Crippen molar-refractivity contribution in [2.45, 2.75) is 37.9 Å². The summed E-state index contributed by atoms with van der Waals surface area (Å²) < 4.78 is 0. The lowest BCUT2D eigenvalue weighted by atomic mass is 10.1. The average Bonchev–Trinajstić information content (AvgIpc) is 3.32. The number of benzene rings is 1. The number of rotatable bonds is 4. The van der Waals surface area contributed by atoms with Crippen molar-refractivity contribution in [2.24, 2.45) is 0 Å². The van der Waals surface area contributed by atoms with Gasteiger partial charge in [0, 0.05) is 51.9 Å². The highest BCUT2D eigenvalue weighted by Crippen LogP contribution is 2.25. The maximum absolute atomic E-state index is 13.1. The normalized spacial score (nSPS) is 28.6. The Balaban J connectivity index is 1.35. The topological polar surface area (TPSA) is 38.8 Å². The van der Waals surface area contributed by atoms with Crippen molar-refractivity contribution >= 4 is 5.91 Å². The van der Waals surface area contributed by atoms with Crippen LogP contribution in [0, 0.1) is 0 Å². The Hall–Kier alpha value is -1.43. The van der Waals surface area contributed by atoms with Crippen LogP contribution in [0.1, 0.15) is 24.8 Å². The highest BCUT2D eigenvalue weighted by atomic mass is 16.2. The second kappa shape index (κ2) is 7.85. The van der Waals surface area contributed by atoms with Crippen LogP contribution >= 0.6 is 0 Å². The molecule has 1 aromatic carbocycles. The van der Waals surface area contributed by atoms with Gasteiger partial charge in [-0.05, 0) is 31.4 Å². The monoisotopic (exact) mass is 342 g/mol. The van der Waals surface area contributed by atoms with Crippen LogP contribution in [-0.4, -0.2) is 78.5 Å².